The molecule has 0 bridgehead atoms. The summed E-state index contributed by atoms with van der Waals surface area (Å²) < 4.78 is 11.1. The molecule has 5 heteroatoms. The summed E-state index contributed by atoms with van der Waals surface area (Å²) in [4.78, 5) is 14.7. The van der Waals surface area contributed by atoms with E-state index in [9.17, 15) is 4.79 Å². The molecule has 0 radical (unpaired) electrons. The Kier molecular flexibility index (Phi) is 6.24. The number of carbonyl (C=O) groups excluding carboxylic acids is 1. The van der Waals surface area contributed by atoms with E-state index >= 15 is 0 Å². The quantitative estimate of drug-likeness (QED) is 0.802. The third-order valence-corrected chi connectivity index (χ3v) is 5.53. The van der Waals surface area contributed by atoms with Crippen LogP contribution >= 0.6 is 0 Å². The standard InChI is InChI=1S/C23H28N2O3/c26-23(17-28-22-9-8-18-6-3-7-19(18)14-22)24-15-20-4-1-2-5-21(20)16-25-10-12-27-13-11-25/h1-2,4-5,8-9,14H,3,6-7,10-13,15-17H2,(H,24,26). The van der Waals surface area contributed by atoms with Crippen molar-refractivity contribution in [1.29, 1.82) is 0 Å². The maximum atomic E-state index is 12.3. The SMILES string of the molecule is O=C(COc1ccc2c(c1)CCC2)NCc1ccccc1CN1CCOCC1. The van der Waals surface area contributed by atoms with Gasteiger partial charge >= 0.3 is 0 Å². The molecule has 0 saturated carbocycles. The molecule has 1 amide bonds. The van der Waals surface area contributed by atoms with Gasteiger partial charge in [-0.05, 0) is 53.6 Å². The zero-order valence-corrected chi connectivity index (χ0v) is 16.3. The molecule has 4 rings (SSSR count). The van der Waals surface area contributed by atoms with Gasteiger partial charge in [0, 0.05) is 26.2 Å². The Balaban J connectivity index is 1.27. The van der Waals surface area contributed by atoms with Crippen molar-refractivity contribution in [2.24, 2.45) is 0 Å². The smallest absolute Gasteiger partial charge is 0.258 e. The predicted molar refractivity (Wildman–Crippen MR) is 108 cm³/mol. The minimum absolute atomic E-state index is 0.0460. The van der Waals surface area contributed by atoms with E-state index in [4.69, 9.17) is 9.47 Å². The molecule has 2 aliphatic rings. The second kappa shape index (κ2) is 9.22. The zero-order chi connectivity index (χ0) is 19.2. The fourth-order valence-electron chi connectivity index (χ4n) is 3.92. The third kappa shape index (κ3) is 4.91. The highest BCUT2D eigenvalue weighted by molar-refractivity contribution is 5.77. The van der Waals surface area contributed by atoms with E-state index in [1.54, 1.807) is 0 Å². The van der Waals surface area contributed by atoms with Crippen LogP contribution in [0.5, 0.6) is 5.75 Å². The number of fused-ring (bicyclic) bond motifs is 1. The lowest BCUT2D eigenvalue weighted by Crippen LogP contribution is -2.36. The topological polar surface area (TPSA) is 50.8 Å². The molecule has 2 aromatic rings. The van der Waals surface area contributed by atoms with E-state index in [1.165, 1.54) is 23.1 Å². The van der Waals surface area contributed by atoms with Crippen LogP contribution < -0.4 is 10.1 Å². The Morgan fingerprint density at radius 1 is 1.04 bits per heavy atom. The van der Waals surface area contributed by atoms with Gasteiger partial charge in [0.15, 0.2) is 6.61 Å². The van der Waals surface area contributed by atoms with Crippen molar-refractivity contribution in [1.82, 2.24) is 10.2 Å². The number of nitrogens with one attached hydrogen (secondary N) is 1. The first-order chi connectivity index (χ1) is 13.8. The highest BCUT2D eigenvalue weighted by Crippen LogP contribution is 2.25. The van der Waals surface area contributed by atoms with Gasteiger partial charge in [-0.25, -0.2) is 0 Å². The summed E-state index contributed by atoms with van der Waals surface area (Å²) >= 11 is 0. The maximum Gasteiger partial charge on any atom is 0.258 e. The van der Waals surface area contributed by atoms with Gasteiger partial charge in [0.05, 0.1) is 13.2 Å². The number of aryl methyl sites for hydroxylation is 2. The minimum atomic E-state index is -0.0957. The summed E-state index contributed by atoms with van der Waals surface area (Å²) in [6.45, 7) is 4.95. The molecular weight excluding hydrogens is 352 g/mol. The van der Waals surface area contributed by atoms with Crippen LogP contribution in [0.2, 0.25) is 0 Å². The molecule has 1 saturated heterocycles. The molecule has 1 aliphatic heterocycles. The molecule has 28 heavy (non-hydrogen) atoms. The van der Waals surface area contributed by atoms with Crippen LogP contribution in [-0.4, -0.2) is 43.7 Å². The summed E-state index contributed by atoms with van der Waals surface area (Å²) in [7, 11) is 0. The molecular formula is C23H28N2O3. The van der Waals surface area contributed by atoms with Crippen LogP contribution in [0.1, 0.15) is 28.7 Å². The molecule has 0 unspecified atom stereocenters. The number of hydrogen-bond donors (Lipinski definition) is 1. The Bertz CT molecular complexity index is 815. The first-order valence-corrected chi connectivity index (χ1v) is 10.2. The van der Waals surface area contributed by atoms with Crippen LogP contribution in [0.4, 0.5) is 0 Å². The average Bonchev–Trinajstić information content (AvgIpc) is 3.20. The first kappa shape index (κ1) is 19.0. The Hall–Kier alpha value is -2.37. The molecule has 148 valence electrons. The summed E-state index contributed by atoms with van der Waals surface area (Å²) in [5, 5.41) is 2.99. The van der Waals surface area contributed by atoms with E-state index in [1.807, 2.05) is 12.1 Å². The van der Waals surface area contributed by atoms with Gasteiger partial charge in [-0.1, -0.05) is 30.3 Å². The van der Waals surface area contributed by atoms with Crippen molar-refractivity contribution in [3.8, 4) is 5.75 Å². The van der Waals surface area contributed by atoms with Gasteiger partial charge < -0.3 is 14.8 Å². The Morgan fingerprint density at radius 2 is 1.82 bits per heavy atom. The first-order valence-electron chi connectivity index (χ1n) is 10.2. The molecule has 1 N–H and O–H groups in total. The van der Waals surface area contributed by atoms with Crippen molar-refractivity contribution in [3.05, 3.63) is 64.7 Å². The van der Waals surface area contributed by atoms with Crippen molar-refractivity contribution < 1.29 is 14.3 Å². The molecule has 2 aromatic carbocycles. The number of rotatable bonds is 7. The molecule has 0 spiro atoms. The Morgan fingerprint density at radius 3 is 2.68 bits per heavy atom. The van der Waals surface area contributed by atoms with E-state index in [-0.39, 0.29) is 12.5 Å². The summed E-state index contributed by atoms with van der Waals surface area (Å²) in [5.41, 5.74) is 5.17. The largest absolute Gasteiger partial charge is 0.484 e. The number of benzene rings is 2. The molecule has 1 aliphatic carbocycles. The lowest BCUT2D eigenvalue weighted by molar-refractivity contribution is -0.123. The van der Waals surface area contributed by atoms with Crippen LogP contribution in [-0.2, 0) is 35.5 Å². The second-order valence-corrected chi connectivity index (χ2v) is 7.51. The van der Waals surface area contributed by atoms with Crippen molar-refractivity contribution in [3.63, 3.8) is 0 Å². The molecule has 1 heterocycles. The van der Waals surface area contributed by atoms with Crippen molar-refractivity contribution >= 4 is 5.91 Å². The van der Waals surface area contributed by atoms with E-state index in [0.29, 0.717) is 6.54 Å². The monoisotopic (exact) mass is 380 g/mol. The van der Waals surface area contributed by atoms with Crippen LogP contribution in [0.15, 0.2) is 42.5 Å². The predicted octanol–water partition coefficient (Wildman–Crippen LogP) is 2.70. The lowest BCUT2D eigenvalue weighted by atomic mass is 10.1. The Labute approximate surface area is 166 Å². The second-order valence-electron chi connectivity index (χ2n) is 7.51. The van der Waals surface area contributed by atoms with E-state index in [0.717, 1.165) is 57.0 Å². The number of nitrogens with zero attached hydrogens (tertiary/aromatic N) is 1. The third-order valence-electron chi connectivity index (χ3n) is 5.53. The van der Waals surface area contributed by atoms with Crippen LogP contribution in [0, 0.1) is 0 Å². The highest BCUT2D eigenvalue weighted by Gasteiger charge is 2.14. The maximum absolute atomic E-state index is 12.3. The normalized spacial score (nSPS) is 16.6. The molecule has 0 atom stereocenters. The van der Waals surface area contributed by atoms with Crippen LogP contribution in [0.3, 0.4) is 0 Å². The average molecular weight is 380 g/mol. The molecule has 1 fully saturated rings. The number of amides is 1. The number of carbonyl (C=O) groups is 1. The van der Waals surface area contributed by atoms with Gasteiger partial charge in [0.25, 0.3) is 5.91 Å². The van der Waals surface area contributed by atoms with E-state index < -0.39 is 0 Å². The lowest BCUT2D eigenvalue weighted by Gasteiger charge is -2.27. The van der Waals surface area contributed by atoms with Crippen molar-refractivity contribution in [2.45, 2.75) is 32.4 Å². The fraction of sp³-hybridized carbons (Fsp3) is 0.435. The van der Waals surface area contributed by atoms with Gasteiger partial charge in [-0.2, -0.15) is 0 Å². The van der Waals surface area contributed by atoms with Gasteiger partial charge in [-0.15, -0.1) is 0 Å². The minimum Gasteiger partial charge on any atom is -0.484 e. The highest BCUT2D eigenvalue weighted by atomic mass is 16.5. The van der Waals surface area contributed by atoms with Gasteiger partial charge in [0.2, 0.25) is 0 Å². The van der Waals surface area contributed by atoms with E-state index in [2.05, 4.69) is 40.5 Å². The fourth-order valence-corrected chi connectivity index (χ4v) is 3.92. The summed E-state index contributed by atoms with van der Waals surface area (Å²) in [6.07, 6.45) is 3.47. The number of ether oxygens (including phenoxy) is 2. The number of morpholine rings is 1. The van der Waals surface area contributed by atoms with Gasteiger partial charge in [0.1, 0.15) is 5.75 Å². The van der Waals surface area contributed by atoms with Gasteiger partial charge in [-0.3, -0.25) is 9.69 Å². The molecule has 0 aromatic heterocycles. The molecule has 5 nitrogen and oxygen atoms in total. The van der Waals surface area contributed by atoms with Crippen molar-refractivity contribution in [2.75, 3.05) is 32.9 Å². The zero-order valence-electron chi connectivity index (χ0n) is 16.3. The summed E-state index contributed by atoms with van der Waals surface area (Å²) in [6, 6.07) is 14.5. The summed E-state index contributed by atoms with van der Waals surface area (Å²) in [5.74, 6) is 0.685. The van der Waals surface area contributed by atoms with Crippen LogP contribution in [0.25, 0.3) is 0 Å². The number of hydrogen-bond acceptors (Lipinski definition) is 4.